The number of hydrogen-bond donors (Lipinski definition) is 2. The second kappa shape index (κ2) is 4.27. The molecule has 0 radical (unpaired) electrons. The lowest BCUT2D eigenvalue weighted by atomic mass is 10.2. The first kappa shape index (κ1) is 9.92. The van der Waals surface area contributed by atoms with Gasteiger partial charge < -0.3 is 9.73 Å². The van der Waals surface area contributed by atoms with Crippen LogP contribution in [0.5, 0.6) is 0 Å². The van der Waals surface area contributed by atoms with Gasteiger partial charge in [0.25, 0.3) is 0 Å². The van der Waals surface area contributed by atoms with Crippen molar-refractivity contribution in [3.8, 4) is 0 Å². The van der Waals surface area contributed by atoms with Crippen molar-refractivity contribution in [1.82, 2.24) is 20.5 Å². The van der Waals surface area contributed by atoms with Crippen LogP contribution in [0.25, 0.3) is 0 Å². The zero-order valence-corrected chi connectivity index (χ0v) is 8.82. The van der Waals surface area contributed by atoms with Gasteiger partial charge in [-0.1, -0.05) is 0 Å². The van der Waals surface area contributed by atoms with Crippen LogP contribution < -0.4 is 5.32 Å². The van der Waals surface area contributed by atoms with Crippen LogP contribution in [-0.4, -0.2) is 15.2 Å². The normalized spacial score (nSPS) is 12.9. The highest BCUT2D eigenvalue weighted by Crippen LogP contribution is 2.09. The lowest BCUT2D eigenvalue weighted by Crippen LogP contribution is -2.18. The number of H-pyrrole nitrogens is 1. The predicted molar refractivity (Wildman–Crippen MR) is 55.1 cm³/mol. The monoisotopic (exact) mass is 206 g/mol. The minimum atomic E-state index is 0.208. The molecule has 0 fully saturated rings. The summed E-state index contributed by atoms with van der Waals surface area (Å²) in [5, 5.41) is 10.1. The van der Waals surface area contributed by atoms with E-state index in [0.717, 1.165) is 11.5 Å². The van der Waals surface area contributed by atoms with Crippen molar-refractivity contribution in [2.75, 3.05) is 0 Å². The summed E-state index contributed by atoms with van der Waals surface area (Å²) in [5.74, 6) is 1.54. The van der Waals surface area contributed by atoms with Gasteiger partial charge in [0.1, 0.15) is 5.76 Å². The smallest absolute Gasteiger partial charge is 0.208 e. The molecular formula is C10H14N4O. The van der Waals surface area contributed by atoms with Gasteiger partial charge in [-0.05, 0) is 19.9 Å². The van der Waals surface area contributed by atoms with E-state index in [1.54, 1.807) is 12.4 Å². The van der Waals surface area contributed by atoms with Gasteiger partial charge in [0, 0.05) is 12.2 Å². The summed E-state index contributed by atoms with van der Waals surface area (Å²) >= 11 is 0. The van der Waals surface area contributed by atoms with Gasteiger partial charge in [0.15, 0.2) is 0 Å². The minimum Gasteiger partial charge on any atom is -0.445 e. The van der Waals surface area contributed by atoms with Crippen LogP contribution in [0.15, 0.2) is 22.9 Å². The van der Waals surface area contributed by atoms with Crippen molar-refractivity contribution < 1.29 is 4.42 Å². The maximum Gasteiger partial charge on any atom is 0.208 e. The first-order valence-corrected chi connectivity index (χ1v) is 4.89. The molecule has 0 aliphatic rings. The molecular weight excluding hydrogens is 192 g/mol. The molecule has 2 N–H and O–H groups in total. The molecule has 0 saturated heterocycles. The van der Waals surface area contributed by atoms with Gasteiger partial charge in [0.2, 0.25) is 5.89 Å². The first-order valence-electron chi connectivity index (χ1n) is 4.89. The number of hydrogen-bond acceptors (Lipinski definition) is 4. The van der Waals surface area contributed by atoms with E-state index in [0.29, 0.717) is 12.4 Å². The number of aryl methyl sites for hydroxylation is 1. The summed E-state index contributed by atoms with van der Waals surface area (Å²) in [5.41, 5.74) is 1.05. The molecule has 2 aromatic heterocycles. The van der Waals surface area contributed by atoms with Crippen LogP contribution in [0.3, 0.4) is 0 Å². The summed E-state index contributed by atoms with van der Waals surface area (Å²) in [6.07, 6.45) is 3.46. The van der Waals surface area contributed by atoms with Gasteiger partial charge in [0.05, 0.1) is 18.4 Å². The third kappa shape index (κ3) is 2.44. The molecule has 0 saturated carbocycles. The largest absolute Gasteiger partial charge is 0.445 e. The Morgan fingerprint density at radius 1 is 1.60 bits per heavy atom. The minimum absolute atomic E-state index is 0.208. The van der Waals surface area contributed by atoms with Crippen molar-refractivity contribution in [2.24, 2.45) is 0 Å². The molecule has 0 aromatic carbocycles. The van der Waals surface area contributed by atoms with Crippen LogP contribution in [-0.2, 0) is 6.54 Å². The Balaban J connectivity index is 1.88. The maximum absolute atomic E-state index is 5.35. The topological polar surface area (TPSA) is 66.7 Å². The average Bonchev–Trinajstić information content (AvgIpc) is 2.84. The zero-order valence-electron chi connectivity index (χ0n) is 8.82. The van der Waals surface area contributed by atoms with Crippen molar-refractivity contribution in [3.05, 3.63) is 35.8 Å². The van der Waals surface area contributed by atoms with Gasteiger partial charge in [-0.15, -0.1) is 0 Å². The Morgan fingerprint density at radius 3 is 3.07 bits per heavy atom. The third-order valence-corrected chi connectivity index (χ3v) is 2.22. The molecule has 1 atom stereocenters. The number of rotatable bonds is 4. The van der Waals surface area contributed by atoms with Crippen molar-refractivity contribution in [2.45, 2.75) is 26.4 Å². The summed E-state index contributed by atoms with van der Waals surface area (Å²) < 4.78 is 5.35. The number of nitrogens with one attached hydrogen (secondary N) is 2. The molecule has 0 spiro atoms. The molecule has 0 bridgehead atoms. The van der Waals surface area contributed by atoms with Crippen LogP contribution in [0.1, 0.15) is 30.3 Å². The fourth-order valence-corrected chi connectivity index (χ4v) is 1.34. The summed E-state index contributed by atoms with van der Waals surface area (Å²) in [4.78, 5) is 4.11. The molecule has 15 heavy (non-hydrogen) atoms. The fourth-order valence-electron chi connectivity index (χ4n) is 1.34. The maximum atomic E-state index is 5.35. The fraction of sp³-hybridized carbons (Fsp3) is 0.400. The first-order chi connectivity index (χ1) is 7.25. The van der Waals surface area contributed by atoms with E-state index in [9.17, 15) is 0 Å². The highest BCUT2D eigenvalue weighted by Gasteiger charge is 2.07. The molecule has 2 aromatic rings. The molecule has 2 heterocycles. The van der Waals surface area contributed by atoms with Gasteiger partial charge in [-0.2, -0.15) is 5.10 Å². The van der Waals surface area contributed by atoms with E-state index < -0.39 is 0 Å². The Hall–Kier alpha value is -1.62. The van der Waals surface area contributed by atoms with Crippen molar-refractivity contribution >= 4 is 0 Å². The van der Waals surface area contributed by atoms with E-state index >= 15 is 0 Å². The van der Waals surface area contributed by atoms with Crippen LogP contribution in [0, 0.1) is 6.92 Å². The lowest BCUT2D eigenvalue weighted by molar-refractivity contribution is 0.430. The molecule has 5 nitrogen and oxygen atoms in total. The molecule has 5 heteroatoms. The molecule has 0 aliphatic carbocycles. The van der Waals surface area contributed by atoms with Crippen LogP contribution in [0.2, 0.25) is 0 Å². The standard InChI is InChI=1S/C10H14N4O/c1-7-5-12-10(15-7)6-11-8(2)9-3-4-13-14-9/h3-5,8,11H,6H2,1-2H3,(H,13,14). The second-order valence-corrected chi connectivity index (χ2v) is 3.48. The lowest BCUT2D eigenvalue weighted by Gasteiger charge is -2.09. The van der Waals surface area contributed by atoms with Gasteiger partial charge in [-0.25, -0.2) is 4.98 Å². The third-order valence-electron chi connectivity index (χ3n) is 2.22. The quantitative estimate of drug-likeness (QED) is 0.796. The van der Waals surface area contributed by atoms with E-state index in [2.05, 4.69) is 27.4 Å². The number of oxazole rings is 1. The summed E-state index contributed by atoms with van der Waals surface area (Å²) in [6.45, 7) is 4.56. The SMILES string of the molecule is Cc1cnc(CNC(C)c2ccn[nH]2)o1. The number of aromatic amines is 1. The van der Waals surface area contributed by atoms with Crippen LogP contribution >= 0.6 is 0 Å². The molecule has 1 unspecified atom stereocenters. The highest BCUT2D eigenvalue weighted by molar-refractivity contribution is 5.03. The zero-order chi connectivity index (χ0) is 10.7. The molecule has 0 aliphatic heterocycles. The van der Waals surface area contributed by atoms with Gasteiger partial charge >= 0.3 is 0 Å². The summed E-state index contributed by atoms with van der Waals surface area (Å²) in [6, 6.07) is 2.15. The Morgan fingerprint density at radius 2 is 2.47 bits per heavy atom. The molecule has 0 amide bonds. The number of aromatic nitrogens is 3. The van der Waals surface area contributed by atoms with E-state index in [4.69, 9.17) is 4.42 Å². The molecule has 80 valence electrons. The molecule has 2 rings (SSSR count). The van der Waals surface area contributed by atoms with Crippen molar-refractivity contribution in [3.63, 3.8) is 0 Å². The Bertz CT molecular complexity index is 407. The Labute approximate surface area is 87.9 Å². The Kier molecular flexibility index (Phi) is 2.82. The number of nitrogens with zero attached hydrogens (tertiary/aromatic N) is 2. The van der Waals surface area contributed by atoms with E-state index in [-0.39, 0.29) is 6.04 Å². The average molecular weight is 206 g/mol. The van der Waals surface area contributed by atoms with E-state index in [1.807, 2.05) is 13.0 Å². The second-order valence-electron chi connectivity index (χ2n) is 3.48. The predicted octanol–water partition coefficient (Wildman–Crippen LogP) is 1.56. The van der Waals surface area contributed by atoms with Crippen molar-refractivity contribution in [1.29, 1.82) is 0 Å². The van der Waals surface area contributed by atoms with Crippen LogP contribution in [0.4, 0.5) is 0 Å². The van der Waals surface area contributed by atoms with E-state index in [1.165, 1.54) is 0 Å². The summed E-state index contributed by atoms with van der Waals surface area (Å²) in [7, 11) is 0. The van der Waals surface area contributed by atoms with Gasteiger partial charge in [-0.3, -0.25) is 5.10 Å². The highest BCUT2D eigenvalue weighted by atomic mass is 16.4.